The summed E-state index contributed by atoms with van der Waals surface area (Å²) in [5, 5.41) is 0. The highest BCUT2D eigenvalue weighted by Crippen LogP contribution is 2.35. The SMILES string of the molecule is CCOC(=O)C(CC)(Cc1ccc(OCCN2CCCCC2)cc1)S(=O)(=O)c1ccc(OC)cc1. The van der Waals surface area contributed by atoms with Crippen molar-refractivity contribution in [1.29, 1.82) is 0 Å². The van der Waals surface area contributed by atoms with Gasteiger partial charge >= 0.3 is 5.97 Å². The summed E-state index contributed by atoms with van der Waals surface area (Å²) in [5.41, 5.74) is 0.723. The molecule has 2 aromatic rings. The first-order valence-electron chi connectivity index (χ1n) is 12.4. The monoisotopic (exact) mass is 503 g/mol. The van der Waals surface area contributed by atoms with E-state index in [1.54, 1.807) is 26.0 Å². The molecule has 1 saturated heterocycles. The lowest BCUT2D eigenvalue weighted by atomic mass is 9.95. The Labute approximate surface area is 209 Å². The highest BCUT2D eigenvalue weighted by molar-refractivity contribution is 7.93. The summed E-state index contributed by atoms with van der Waals surface area (Å²) in [7, 11) is -2.55. The van der Waals surface area contributed by atoms with E-state index in [1.165, 1.54) is 38.5 Å². The first-order chi connectivity index (χ1) is 16.9. The second-order valence-corrected chi connectivity index (χ2v) is 11.1. The number of rotatable bonds is 12. The number of sulfone groups is 1. The molecular weight excluding hydrogens is 466 g/mol. The predicted octanol–water partition coefficient (Wildman–Crippen LogP) is 4.29. The predicted molar refractivity (Wildman–Crippen MR) is 136 cm³/mol. The largest absolute Gasteiger partial charge is 0.497 e. The van der Waals surface area contributed by atoms with E-state index in [1.807, 2.05) is 24.3 Å². The number of carbonyl (C=O) groups is 1. The van der Waals surface area contributed by atoms with Crippen LogP contribution in [-0.4, -0.2) is 64.0 Å². The Bertz CT molecular complexity index is 1050. The van der Waals surface area contributed by atoms with Gasteiger partial charge in [-0.05, 0) is 81.2 Å². The van der Waals surface area contributed by atoms with Crippen molar-refractivity contribution in [2.45, 2.75) is 55.6 Å². The minimum Gasteiger partial charge on any atom is -0.497 e. The van der Waals surface area contributed by atoms with E-state index in [0.29, 0.717) is 12.4 Å². The van der Waals surface area contributed by atoms with Crippen LogP contribution in [0.3, 0.4) is 0 Å². The van der Waals surface area contributed by atoms with E-state index >= 15 is 0 Å². The Morgan fingerprint density at radius 1 is 0.943 bits per heavy atom. The van der Waals surface area contributed by atoms with E-state index in [2.05, 4.69) is 4.90 Å². The van der Waals surface area contributed by atoms with Crippen molar-refractivity contribution in [3.05, 3.63) is 54.1 Å². The number of carbonyl (C=O) groups excluding carboxylic acids is 1. The van der Waals surface area contributed by atoms with Crippen molar-refractivity contribution >= 4 is 15.8 Å². The van der Waals surface area contributed by atoms with Gasteiger partial charge in [-0.15, -0.1) is 0 Å². The van der Waals surface area contributed by atoms with Gasteiger partial charge in [0.2, 0.25) is 0 Å². The fourth-order valence-electron chi connectivity index (χ4n) is 4.49. The van der Waals surface area contributed by atoms with Gasteiger partial charge in [-0.2, -0.15) is 0 Å². The molecule has 1 fully saturated rings. The van der Waals surface area contributed by atoms with Crippen molar-refractivity contribution < 1.29 is 27.4 Å². The Morgan fingerprint density at radius 3 is 2.14 bits per heavy atom. The molecule has 1 atom stereocenters. The smallest absolute Gasteiger partial charge is 0.328 e. The van der Waals surface area contributed by atoms with Crippen LogP contribution in [0, 0.1) is 0 Å². The van der Waals surface area contributed by atoms with Gasteiger partial charge in [0.15, 0.2) is 14.6 Å². The molecule has 192 valence electrons. The summed E-state index contributed by atoms with van der Waals surface area (Å²) in [5.74, 6) is 0.528. The van der Waals surface area contributed by atoms with Crippen LogP contribution in [0.15, 0.2) is 53.4 Å². The van der Waals surface area contributed by atoms with Crippen LogP contribution < -0.4 is 9.47 Å². The summed E-state index contributed by atoms with van der Waals surface area (Å²) in [6.45, 7) is 7.22. The van der Waals surface area contributed by atoms with E-state index in [-0.39, 0.29) is 24.3 Å². The maximum absolute atomic E-state index is 13.8. The van der Waals surface area contributed by atoms with E-state index in [4.69, 9.17) is 14.2 Å². The molecule has 8 heteroatoms. The first-order valence-corrected chi connectivity index (χ1v) is 13.8. The van der Waals surface area contributed by atoms with Crippen LogP contribution in [0.25, 0.3) is 0 Å². The zero-order valence-corrected chi connectivity index (χ0v) is 21.8. The van der Waals surface area contributed by atoms with Gasteiger partial charge in [0, 0.05) is 13.0 Å². The molecular formula is C27H37NO6S. The molecule has 3 rings (SSSR count). The van der Waals surface area contributed by atoms with Crippen LogP contribution >= 0.6 is 0 Å². The Hall–Kier alpha value is -2.58. The van der Waals surface area contributed by atoms with Gasteiger partial charge in [-0.3, -0.25) is 9.69 Å². The van der Waals surface area contributed by atoms with Gasteiger partial charge in [0.1, 0.15) is 18.1 Å². The Kier molecular flexibility index (Phi) is 9.57. The van der Waals surface area contributed by atoms with Gasteiger partial charge in [0.05, 0.1) is 18.6 Å². The number of piperidine rings is 1. The molecule has 1 unspecified atom stereocenters. The summed E-state index contributed by atoms with van der Waals surface area (Å²) in [6, 6.07) is 13.4. The van der Waals surface area contributed by atoms with Crippen molar-refractivity contribution in [3.63, 3.8) is 0 Å². The van der Waals surface area contributed by atoms with Crippen LogP contribution in [0.1, 0.15) is 45.1 Å². The Morgan fingerprint density at radius 2 is 1.57 bits per heavy atom. The number of hydrogen-bond donors (Lipinski definition) is 0. The van der Waals surface area contributed by atoms with E-state index in [9.17, 15) is 13.2 Å². The number of esters is 1. The van der Waals surface area contributed by atoms with E-state index in [0.717, 1.165) is 30.9 Å². The van der Waals surface area contributed by atoms with Crippen molar-refractivity contribution in [2.75, 3.05) is 40.0 Å². The maximum Gasteiger partial charge on any atom is 0.328 e. The topological polar surface area (TPSA) is 82.1 Å². The molecule has 0 spiro atoms. The summed E-state index contributed by atoms with van der Waals surface area (Å²) in [6.07, 6.45) is 3.87. The van der Waals surface area contributed by atoms with Crippen LogP contribution in [0.2, 0.25) is 0 Å². The molecule has 0 amide bonds. The third-order valence-electron chi connectivity index (χ3n) is 6.64. The van der Waals surface area contributed by atoms with Crippen LogP contribution in [0.4, 0.5) is 0 Å². The second kappa shape index (κ2) is 12.4. The zero-order valence-electron chi connectivity index (χ0n) is 21.0. The molecule has 0 saturated carbocycles. The van der Waals surface area contributed by atoms with Crippen molar-refractivity contribution in [3.8, 4) is 11.5 Å². The first kappa shape index (κ1) is 27.0. The number of hydrogen-bond acceptors (Lipinski definition) is 7. The number of likely N-dealkylation sites (tertiary alicyclic amines) is 1. The highest BCUT2D eigenvalue weighted by Gasteiger charge is 2.51. The van der Waals surface area contributed by atoms with Crippen LogP contribution in [0.5, 0.6) is 11.5 Å². The van der Waals surface area contributed by atoms with Gasteiger partial charge in [-0.1, -0.05) is 25.5 Å². The normalized spacial score (nSPS) is 16.3. The lowest BCUT2D eigenvalue weighted by Gasteiger charge is -2.30. The van der Waals surface area contributed by atoms with E-state index < -0.39 is 20.6 Å². The molecule has 7 nitrogen and oxygen atoms in total. The molecule has 1 aliphatic heterocycles. The number of benzene rings is 2. The zero-order chi connectivity index (χ0) is 25.3. The lowest BCUT2D eigenvalue weighted by molar-refractivity contribution is -0.146. The molecule has 0 bridgehead atoms. The third kappa shape index (κ3) is 6.35. The Balaban J connectivity index is 1.78. The third-order valence-corrected chi connectivity index (χ3v) is 9.16. The molecule has 1 aliphatic rings. The maximum atomic E-state index is 13.8. The molecule has 0 aromatic heterocycles. The summed E-state index contributed by atoms with van der Waals surface area (Å²) >= 11 is 0. The fourth-order valence-corrected chi connectivity index (χ4v) is 6.45. The lowest BCUT2D eigenvalue weighted by Crippen LogP contribution is -2.49. The molecule has 35 heavy (non-hydrogen) atoms. The molecule has 0 N–H and O–H groups in total. The minimum absolute atomic E-state index is 0.00472. The summed E-state index contributed by atoms with van der Waals surface area (Å²) < 4.78 is 42.2. The summed E-state index contributed by atoms with van der Waals surface area (Å²) in [4.78, 5) is 15.6. The van der Waals surface area contributed by atoms with Gasteiger partial charge in [-0.25, -0.2) is 8.42 Å². The second-order valence-electron chi connectivity index (χ2n) is 8.82. The number of methoxy groups -OCH3 is 1. The molecule has 2 aromatic carbocycles. The quantitative estimate of drug-likeness (QED) is 0.400. The minimum atomic E-state index is -4.06. The molecule has 1 heterocycles. The molecule has 0 aliphatic carbocycles. The average molecular weight is 504 g/mol. The standard InChI is InChI=1S/C27H37NO6S/c1-4-27(26(29)33-5-2,35(30,31)25-15-13-23(32-3)14-16-25)21-22-9-11-24(12-10-22)34-20-19-28-17-7-6-8-18-28/h9-16H,4-8,17-21H2,1-3H3. The fraction of sp³-hybridized carbons (Fsp3) is 0.519. The van der Waals surface area contributed by atoms with Gasteiger partial charge in [0.25, 0.3) is 0 Å². The van der Waals surface area contributed by atoms with Crippen LogP contribution in [-0.2, 0) is 25.8 Å². The average Bonchev–Trinajstić information content (AvgIpc) is 2.89. The highest BCUT2D eigenvalue weighted by atomic mass is 32.2. The number of nitrogens with zero attached hydrogens (tertiary/aromatic N) is 1. The van der Waals surface area contributed by atoms with Crippen molar-refractivity contribution in [2.24, 2.45) is 0 Å². The van der Waals surface area contributed by atoms with Crippen molar-refractivity contribution in [1.82, 2.24) is 4.90 Å². The molecule has 0 radical (unpaired) electrons. The van der Waals surface area contributed by atoms with Gasteiger partial charge < -0.3 is 14.2 Å². The number of ether oxygens (including phenoxy) is 3.